The van der Waals surface area contributed by atoms with Gasteiger partial charge < -0.3 is 5.32 Å². The smallest absolute Gasteiger partial charge is 0.255 e. The molecule has 0 heterocycles. The Labute approximate surface area is 159 Å². The number of anilines is 1. The summed E-state index contributed by atoms with van der Waals surface area (Å²) in [6.07, 6.45) is 0. The summed E-state index contributed by atoms with van der Waals surface area (Å²) in [4.78, 5) is 12.8. The van der Waals surface area contributed by atoms with Gasteiger partial charge in [0.05, 0.1) is 10.6 Å². The van der Waals surface area contributed by atoms with Crippen molar-refractivity contribution in [2.45, 2.75) is 24.5 Å². The number of hydrogen-bond acceptors (Lipinski definition) is 3. The summed E-state index contributed by atoms with van der Waals surface area (Å²) in [6.45, 7) is 3.83. The van der Waals surface area contributed by atoms with Gasteiger partial charge in [0.2, 0.25) is 0 Å². The molecular formula is C22H21NO3S. The molecule has 5 heteroatoms. The van der Waals surface area contributed by atoms with Crippen molar-refractivity contribution in [2.75, 3.05) is 5.32 Å². The molecule has 3 aromatic rings. The molecule has 0 saturated carbocycles. The van der Waals surface area contributed by atoms with Crippen LogP contribution in [0.1, 0.15) is 27.0 Å². The third-order valence-corrected chi connectivity index (χ3v) is 6.02. The number of hydrogen-bond donors (Lipinski definition) is 1. The fourth-order valence-electron chi connectivity index (χ4n) is 2.76. The van der Waals surface area contributed by atoms with Gasteiger partial charge in [-0.15, -0.1) is 0 Å². The zero-order chi connectivity index (χ0) is 19.4. The molecule has 3 rings (SSSR count). The topological polar surface area (TPSA) is 63.2 Å². The zero-order valence-corrected chi connectivity index (χ0v) is 16.1. The van der Waals surface area contributed by atoms with Crippen molar-refractivity contribution in [1.82, 2.24) is 0 Å². The molecular weight excluding hydrogens is 358 g/mol. The Morgan fingerprint density at radius 3 is 2.30 bits per heavy atom. The third-order valence-electron chi connectivity index (χ3n) is 4.32. The van der Waals surface area contributed by atoms with E-state index in [-0.39, 0.29) is 16.6 Å². The van der Waals surface area contributed by atoms with Crippen molar-refractivity contribution in [3.63, 3.8) is 0 Å². The predicted octanol–water partition coefficient (Wildman–Crippen LogP) is 4.53. The molecule has 0 spiro atoms. The molecule has 4 nitrogen and oxygen atoms in total. The van der Waals surface area contributed by atoms with Crippen LogP contribution in [0.2, 0.25) is 0 Å². The lowest BCUT2D eigenvalue weighted by molar-refractivity contribution is 0.102. The molecule has 0 radical (unpaired) electrons. The molecule has 0 aliphatic rings. The van der Waals surface area contributed by atoms with Crippen LogP contribution in [0.5, 0.6) is 0 Å². The van der Waals surface area contributed by atoms with Gasteiger partial charge in [-0.2, -0.15) is 0 Å². The lowest BCUT2D eigenvalue weighted by Gasteiger charge is -2.10. The summed E-state index contributed by atoms with van der Waals surface area (Å²) in [5.41, 5.74) is 3.70. The molecule has 0 fully saturated rings. The number of nitrogens with one attached hydrogen (secondary N) is 1. The summed E-state index contributed by atoms with van der Waals surface area (Å²) >= 11 is 0. The van der Waals surface area contributed by atoms with E-state index in [1.54, 1.807) is 48.5 Å². The van der Waals surface area contributed by atoms with E-state index in [9.17, 15) is 13.2 Å². The lowest BCUT2D eigenvalue weighted by atomic mass is 10.1. The van der Waals surface area contributed by atoms with E-state index < -0.39 is 9.84 Å². The maximum absolute atomic E-state index is 12.6. The molecule has 0 saturated heterocycles. The van der Waals surface area contributed by atoms with Crippen LogP contribution in [0.4, 0.5) is 5.69 Å². The molecule has 1 N–H and O–H groups in total. The van der Waals surface area contributed by atoms with Crippen LogP contribution in [-0.4, -0.2) is 14.3 Å². The molecule has 1 amide bonds. The number of benzene rings is 3. The van der Waals surface area contributed by atoms with Crippen molar-refractivity contribution in [1.29, 1.82) is 0 Å². The second kappa shape index (κ2) is 7.76. The van der Waals surface area contributed by atoms with E-state index in [1.165, 1.54) is 0 Å². The van der Waals surface area contributed by atoms with E-state index in [0.29, 0.717) is 11.1 Å². The van der Waals surface area contributed by atoms with Gasteiger partial charge >= 0.3 is 0 Å². The normalized spacial score (nSPS) is 11.2. The number of rotatable bonds is 5. The van der Waals surface area contributed by atoms with E-state index in [4.69, 9.17) is 0 Å². The molecule has 0 aliphatic carbocycles. The maximum Gasteiger partial charge on any atom is 0.255 e. The van der Waals surface area contributed by atoms with Crippen LogP contribution < -0.4 is 5.32 Å². The average Bonchev–Trinajstić information content (AvgIpc) is 2.64. The molecule has 0 bridgehead atoms. The second-order valence-corrected chi connectivity index (χ2v) is 8.53. The van der Waals surface area contributed by atoms with Gasteiger partial charge in [0.1, 0.15) is 0 Å². The van der Waals surface area contributed by atoms with Gasteiger partial charge in [-0.25, -0.2) is 8.42 Å². The minimum atomic E-state index is -3.47. The number of aryl methyl sites for hydroxylation is 2. The first-order valence-electron chi connectivity index (χ1n) is 8.60. The highest BCUT2D eigenvalue weighted by Crippen LogP contribution is 2.19. The number of carbonyl (C=O) groups excluding carboxylic acids is 1. The average molecular weight is 379 g/mol. The van der Waals surface area contributed by atoms with Crippen molar-refractivity contribution >= 4 is 21.4 Å². The van der Waals surface area contributed by atoms with E-state index in [1.807, 2.05) is 38.1 Å². The van der Waals surface area contributed by atoms with Crippen LogP contribution in [0.15, 0.2) is 77.7 Å². The van der Waals surface area contributed by atoms with Gasteiger partial charge in [0.15, 0.2) is 9.84 Å². The first-order valence-corrected chi connectivity index (χ1v) is 10.3. The quantitative estimate of drug-likeness (QED) is 0.708. The summed E-state index contributed by atoms with van der Waals surface area (Å²) in [6, 6.07) is 21.0. The van der Waals surface area contributed by atoms with Crippen molar-refractivity contribution in [2.24, 2.45) is 0 Å². The summed E-state index contributed by atoms with van der Waals surface area (Å²) in [5, 5.41) is 2.87. The molecule has 0 unspecified atom stereocenters. The fourth-order valence-corrected chi connectivity index (χ4v) is 4.09. The minimum Gasteiger partial charge on any atom is -0.322 e. The number of para-hydroxylation sites is 1. The zero-order valence-electron chi connectivity index (χ0n) is 15.3. The SMILES string of the molecule is Cc1ccc(S(=O)(=O)Cc2cccc(C(=O)Nc3ccccc3C)c2)cc1. The summed E-state index contributed by atoms with van der Waals surface area (Å²) < 4.78 is 25.3. The van der Waals surface area contributed by atoms with E-state index >= 15 is 0 Å². The van der Waals surface area contributed by atoms with Gasteiger partial charge in [-0.3, -0.25) is 4.79 Å². The van der Waals surface area contributed by atoms with E-state index in [0.717, 1.165) is 16.8 Å². The van der Waals surface area contributed by atoms with Crippen LogP contribution in [0.25, 0.3) is 0 Å². The minimum absolute atomic E-state index is 0.151. The van der Waals surface area contributed by atoms with Crippen LogP contribution in [0.3, 0.4) is 0 Å². The molecule has 0 aliphatic heterocycles. The molecule has 27 heavy (non-hydrogen) atoms. The molecule has 0 atom stereocenters. The Hall–Kier alpha value is -2.92. The Morgan fingerprint density at radius 2 is 1.59 bits per heavy atom. The Kier molecular flexibility index (Phi) is 5.42. The Balaban J connectivity index is 1.80. The van der Waals surface area contributed by atoms with Gasteiger partial charge in [0.25, 0.3) is 5.91 Å². The first kappa shape index (κ1) is 18.9. The first-order chi connectivity index (χ1) is 12.8. The highest BCUT2D eigenvalue weighted by molar-refractivity contribution is 7.90. The number of sulfone groups is 1. The Bertz CT molecular complexity index is 1070. The lowest BCUT2D eigenvalue weighted by Crippen LogP contribution is -2.13. The van der Waals surface area contributed by atoms with E-state index in [2.05, 4.69) is 5.32 Å². The maximum atomic E-state index is 12.6. The number of amides is 1. The molecule has 0 aromatic heterocycles. The second-order valence-electron chi connectivity index (χ2n) is 6.54. The fraction of sp³-hybridized carbons (Fsp3) is 0.136. The summed E-state index contributed by atoms with van der Waals surface area (Å²) in [7, 11) is -3.47. The standard InChI is InChI=1S/C22H21NO3S/c1-16-10-12-20(13-11-16)27(25,26)15-18-7-5-8-19(14-18)22(24)23-21-9-4-3-6-17(21)2/h3-14H,15H2,1-2H3,(H,23,24). The van der Waals surface area contributed by atoms with Crippen LogP contribution >= 0.6 is 0 Å². The third kappa shape index (κ3) is 4.63. The van der Waals surface area contributed by atoms with Gasteiger partial charge in [-0.05, 0) is 55.3 Å². The summed E-state index contributed by atoms with van der Waals surface area (Å²) in [5.74, 6) is -0.416. The van der Waals surface area contributed by atoms with Crippen LogP contribution in [-0.2, 0) is 15.6 Å². The van der Waals surface area contributed by atoms with Crippen molar-refractivity contribution in [3.05, 3.63) is 95.1 Å². The van der Waals surface area contributed by atoms with Crippen molar-refractivity contribution < 1.29 is 13.2 Å². The monoisotopic (exact) mass is 379 g/mol. The predicted molar refractivity (Wildman–Crippen MR) is 108 cm³/mol. The largest absolute Gasteiger partial charge is 0.322 e. The van der Waals surface area contributed by atoms with Gasteiger partial charge in [0, 0.05) is 11.3 Å². The number of carbonyl (C=O) groups is 1. The highest BCUT2D eigenvalue weighted by atomic mass is 32.2. The van der Waals surface area contributed by atoms with Crippen molar-refractivity contribution in [3.8, 4) is 0 Å². The molecule has 138 valence electrons. The molecule has 3 aromatic carbocycles. The highest BCUT2D eigenvalue weighted by Gasteiger charge is 2.16. The van der Waals surface area contributed by atoms with Crippen LogP contribution in [0, 0.1) is 13.8 Å². The Morgan fingerprint density at radius 1 is 0.889 bits per heavy atom. The van der Waals surface area contributed by atoms with Gasteiger partial charge in [-0.1, -0.05) is 48.0 Å².